The summed E-state index contributed by atoms with van der Waals surface area (Å²) < 4.78 is 0. The number of fused-ring (bicyclic) bond motifs is 2. The highest BCUT2D eigenvalue weighted by atomic mass is 15.3. The Labute approximate surface area is 176 Å². The second-order valence-corrected chi connectivity index (χ2v) is 8.81. The van der Waals surface area contributed by atoms with Crippen LogP contribution in [0.1, 0.15) is 46.7 Å². The van der Waals surface area contributed by atoms with Gasteiger partial charge in [0.2, 0.25) is 0 Å². The fourth-order valence-electron chi connectivity index (χ4n) is 4.99. The first-order valence-electron chi connectivity index (χ1n) is 11.0. The summed E-state index contributed by atoms with van der Waals surface area (Å²) in [6.07, 6.45) is 2.76. The lowest BCUT2D eigenvalue weighted by atomic mass is 9.94. The van der Waals surface area contributed by atoms with E-state index >= 15 is 0 Å². The van der Waals surface area contributed by atoms with Crippen LogP contribution in [0.15, 0.2) is 48.5 Å². The summed E-state index contributed by atoms with van der Waals surface area (Å²) in [4.78, 5) is 5.23. The maximum Gasteiger partial charge on any atom is 0.0623 e. The van der Waals surface area contributed by atoms with E-state index in [1.54, 1.807) is 5.56 Å². The number of hydrogen-bond donors (Lipinski definition) is 0. The van der Waals surface area contributed by atoms with Crippen LogP contribution in [0.4, 0.5) is 0 Å². The number of benzene rings is 3. The van der Waals surface area contributed by atoms with E-state index in [4.69, 9.17) is 0 Å². The molecule has 0 spiro atoms. The standard InChI is InChI=1S/C27H34N2/c1-6-27(29-14-13-23-15-20(3)21(4)16-24(23)17-29)28(5)18-26-19(2)11-12-22-9-7-8-10-25(22)26/h7-12,15-16,27H,6,13-14,17-18H2,1-5H3. The molecule has 1 aliphatic rings. The van der Waals surface area contributed by atoms with Gasteiger partial charge in [0.05, 0.1) is 6.17 Å². The maximum absolute atomic E-state index is 2.68. The fourth-order valence-corrected chi connectivity index (χ4v) is 4.99. The highest BCUT2D eigenvalue weighted by Gasteiger charge is 2.26. The van der Waals surface area contributed by atoms with Crippen molar-refractivity contribution in [1.29, 1.82) is 0 Å². The highest BCUT2D eigenvalue weighted by molar-refractivity contribution is 5.86. The van der Waals surface area contributed by atoms with Crippen LogP contribution in [-0.2, 0) is 19.5 Å². The van der Waals surface area contributed by atoms with Crippen molar-refractivity contribution in [3.05, 3.63) is 81.9 Å². The monoisotopic (exact) mass is 386 g/mol. The first-order valence-corrected chi connectivity index (χ1v) is 11.0. The summed E-state index contributed by atoms with van der Waals surface area (Å²) in [6, 6.07) is 18.1. The molecule has 3 aromatic carbocycles. The Morgan fingerprint density at radius 2 is 1.66 bits per heavy atom. The minimum atomic E-state index is 0.461. The molecule has 3 aromatic rings. The molecule has 2 nitrogen and oxygen atoms in total. The maximum atomic E-state index is 2.68. The molecule has 0 aliphatic carbocycles. The molecule has 1 aliphatic heterocycles. The molecule has 0 fully saturated rings. The lowest BCUT2D eigenvalue weighted by molar-refractivity contribution is 0.0421. The minimum Gasteiger partial charge on any atom is -0.287 e. The fraction of sp³-hybridized carbons (Fsp3) is 0.407. The topological polar surface area (TPSA) is 6.48 Å². The van der Waals surface area contributed by atoms with Crippen LogP contribution in [0.5, 0.6) is 0 Å². The minimum absolute atomic E-state index is 0.461. The van der Waals surface area contributed by atoms with Crippen molar-refractivity contribution in [2.24, 2.45) is 0 Å². The Bertz CT molecular complexity index is 1020. The van der Waals surface area contributed by atoms with Crippen molar-refractivity contribution in [3.8, 4) is 0 Å². The largest absolute Gasteiger partial charge is 0.287 e. The van der Waals surface area contributed by atoms with Gasteiger partial charge in [-0.25, -0.2) is 0 Å². The van der Waals surface area contributed by atoms with Crippen molar-refractivity contribution in [3.63, 3.8) is 0 Å². The Morgan fingerprint density at radius 1 is 0.931 bits per heavy atom. The smallest absolute Gasteiger partial charge is 0.0623 e. The van der Waals surface area contributed by atoms with Gasteiger partial charge in [0.25, 0.3) is 0 Å². The van der Waals surface area contributed by atoms with Crippen LogP contribution >= 0.6 is 0 Å². The van der Waals surface area contributed by atoms with E-state index in [0.29, 0.717) is 6.17 Å². The molecule has 0 bridgehead atoms. The first kappa shape index (κ1) is 20.1. The third kappa shape index (κ3) is 3.97. The summed E-state index contributed by atoms with van der Waals surface area (Å²) in [6.45, 7) is 12.2. The van der Waals surface area contributed by atoms with Crippen LogP contribution < -0.4 is 0 Å². The van der Waals surface area contributed by atoms with Crippen molar-refractivity contribution < 1.29 is 0 Å². The number of rotatable bonds is 5. The molecule has 0 radical (unpaired) electrons. The van der Waals surface area contributed by atoms with Gasteiger partial charge in [-0.3, -0.25) is 9.80 Å². The van der Waals surface area contributed by atoms with Crippen LogP contribution in [-0.4, -0.2) is 29.6 Å². The zero-order chi connectivity index (χ0) is 20.5. The van der Waals surface area contributed by atoms with E-state index in [9.17, 15) is 0 Å². The van der Waals surface area contributed by atoms with Gasteiger partial charge in [0.1, 0.15) is 0 Å². The lowest BCUT2D eigenvalue weighted by Gasteiger charge is -2.40. The zero-order valence-corrected chi connectivity index (χ0v) is 18.6. The Hall–Kier alpha value is -2.16. The van der Waals surface area contributed by atoms with E-state index in [2.05, 4.69) is 93.1 Å². The molecular formula is C27H34N2. The van der Waals surface area contributed by atoms with Crippen LogP contribution in [0.25, 0.3) is 10.8 Å². The average Bonchev–Trinajstić information content (AvgIpc) is 2.72. The molecule has 152 valence electrons. The quantitative estimate of drug-likeness (QED) is 0.531. The molecule has 1 atom stereocenters. The van der Waals surface area contributed by atoms with Gasteiger partial charge in [-0.05, 0) is 84.8 Å². The zero-order valence-electron chi connectivity index (χ0n) is 18.6. The number of aryl methyl sites for hydroxylation is 3. The Morgan fingerprint density at radius 3 is 2.41 bits per heavy atom. The molecule has 0 N–H and O–H groups in total. The van der Waals surface area contributed by atoms with Crippen molar-refractivity contribution in [1.82, 2.24) is 9.80 Å². The predicted octanol–water partition coefficient (Wildman–Crippen LogP) is 5.99. The second kappa shape index (κ2) is 8.30. The van der Waals surface area contributed by atoms with Gasteiger partial charge >= 0.3 is 0 Å². The summed E-state index contributed by atoms with van der Waals surface area (Å²) >= 11 is 0. The summed E-state index contributed by atoms with van der Waals surface area (Å²) in [5.41, 5.74) is 8.76. The Kier molecular flexibility index (Phi) is 5.76. The van der Waals surface area contributed by atoms with E-state index < -0.39 is 0 Å². The van der Waals surface area contributed by atoms with Crippen LogP contribution in [0, 0.1) is 20.8 Å². The molecular weight excluding hydrogens is 352 g/mol. The molecule has 0 aromatic heterocycles. The molecule has 4 rings (SSSR count). The summed E-state index contributed by atoms with van der Waals surface area (Å²) in [5, 5.41) is 2.73. The second-order valence-electron chi connectivity index (χ2n) is 8.81. The van der Waals surface area contributed by atoms with Gasteiger partial charge in [0.15, 0.2) is 0 Å². The highest BCUT2D eigenvalue weighted by Crippen LogP contribution is 2.28. The van der Waals surface area contributed by atoms with E-state index in [1.165, 1.54) is 38.6 Å². The first-order chi connectivity index (χ1) is 14.0. The molecule has 0 saturated heterocycles. The number of hydrogen-bond acceptors (Lipinski definition) is 2. The van der Waals surface area contributed by atoms with E-state index in [-0.39, 0.29) is 0 Å². The van der Waals surface area contributed by atoms with Crippen molar-refractivity contribution in [2.75, 3.05) is 13.6 Å². The SMILES string of the molecule is CCC(N(C)Cc1c(C)ccc2ccccc12)N1CCc2cc(C)c(C)cc2C1. The summed E-state index contributed by atoms with van der Waals surface area (Å²) in [7, 11) is 2.30. The predicted molar refractivity (Wildman–Crippen MR) is 124 cm³/mol. The van der Waals surface area contributed by atoms with Gasteiger partial charge < -0.3 is 0 Å². The molecule has 2 heteroatoms. The molecule has 1 heterocycles. The normalized spacial score (nSPS) is 15.7. The van der Waals surface area contributed by atoms with E-state index in [1.807, 2.05) is 0 Å². The van der Waals surface area contributed by atoms with E-state index in [0.717, 1.165) is 32.5 Å². The van der Waals surface area contributed by atoms with Crippen molar-refractivity contribution in [2.45, 2.75) is 59.8 Å². The lowest BCUT2D eigenvalue weighted by Crippen LogP contribution is -2.48. The number of nitrogens with zero attached hydrogens (tertiary/aromatic N) is 2. The van der Waals surface area contributed by atoms with Gasteiger partial charge in [-0.2, -0.15) is 0 Å². The third-order valence-electron chi connectivity index (χ3n) is 6.84. The van der Waals surface area contributed by atoms with Crippen LogP contribution in [0.3, 0.4) is 0 Å². The Balaban J connectivity index is 1.57. The summed E-state index contributed by atoms with van der Waals surface area (Å²) in [5.74, 6) is 0. The molecule has 29 heavy (non-hydrogen) atoms. The van der Waals surface area contributed by atoms with Crippen molar-refractivity contribution >= 4 is 10.8 Å². The average molecular weight is 387 g/mol. The van der Waals surface area contributed by atoms with Crippen LogP contribution in [0.2, 0.25) is 0 Å². The van der Waals surface area contributed by atoms with Gasteiger partial charge in [0, 0.05) is 19.6 Å². The van der Waals surface area contributed by atoms with Gasteiger partial charge in [-0.15, -0.1) is 0 Å². The molecule has 0 amide bonds. The van der Waals surface area contributed by atoms with Gasteiger partial charge in [-0.1, -0.05) is 55.5 Å². The molecule has 1 unspecified atom stereocenters. The third-order valence-corrected chi connectivity index (χ3v) is 6.84. The molecule has 0 saturated carbocycles.